The molecule has 0 aliphatic rings. The number of benzene rings is 1. The van der Waals surface area contributed by atoms with E-state index in [4.69, 9.17) is 16.2 Å². The van der Waals surface area contributed by atoms with Gasteiger partial charge < -0.3 is 16.2 Å². The maximum Gasteiger partial charge on any atom is 0.220 e. The van der Waals surface area contributed by atoms with Crippen molar-refractivity contribution in [2.75, 3.05) is 11.5 Å². The van der Waals surface area contributed by atoms with Gasteiger partial charge in [0.2, 0.25) is 5.95 Å². The zero-order valence-corrected chi connectivity index (χ0v) is 8.93. The first-order valence-electron chi connectivity index (χ1n) is 4.90. The third-order valence-electron chi connectivity index (χ3n) is 2.09. The summed E-state index contributed by atoms with van der Waals surface area (Å²) in [6, 6.07) is 5.85. The molecule has 0 fully saturated rings. The monoisotopic (exact) mass is 234 g/mol. The van der Waals surface area contributed by atoms with E-state index in [9.17, 15) is 4.39 Å². The fraction of sp³-hybridized carbons (Fsp3) is 0.0909. The Bertz CT molecular complexity index is 533. The van der Waals surface area contributed by atoms with E-state index in [1.54, 1.807) is 12.3 Å². The Hall–Kier alpha value is -2.37. The normalized spacial score (nSPS) is 10.2. The molecule has 88 valence electrons. The molecule has 1 heterocycles. The molecule has 0 amide bonds. The highest BCUT2D eigenvalue weighted by Crippen LogP contribution is 2.19. The summed E-state index contributed by atoms with van der Waals surface area (Å²) in [5.74, 6) is 0.189. The molecule has 0 saturated carbocycles. The highest BCUT2D eigenvalue weighted by Gasteiger charge is 2.02. The Balaban J connectivity index is 2.05. The molecule has 6 heteroatoms. The second kappa shape index (κ2) is 4.65. The molecule has 17 heavy (non-hydrogen) atoms. The number of aromatic nitrogens is 2. The topological polar surface area (TPSA) is 87.0 Å². The number of nitrogens with zero attached hydrogens (tertiary/aromatic N) is 2. The van der Waals surface area contributed by atoms with Gasteiger partial charge in [0.1, 0.15) is 18.2 Å². The molecular weight excluding hydrogens is 223 g/mol. The first-order valence-corrected chi connectivity index (χ1v) is 4.90. The lowest BCUT2D eigenvalue weighted by Gasteiger charge is -2.06. The quantitative estimate of drug-likeness (QED) is 0.783. The van der Waals surface area contributed by atoms with Crippen LogP contribution in [0.4, 0.5) is 16.0 Å². The van der Waals surface area contributed by atoms with Crippen molar-refractivity contribution in [2.45, 2.75) is 6.61 Å². The standard InChI is InChI=1S/C11H11FN4O/c12-9-2-1-8(5-10(9)13)17-6-7-3-4-15-11(14)16-7/h1-5H,6,13H2,(H2,14,15,16). The van der Waals surface area contributed by atoms with E-state index >= 15 is 0 Å². The molecule has 1 aromatic heterocycles. The Morgan fingerprint density at radius 3 is 2.76 bits per heavy atom. The molecule has 0 aliphatic heterocycles. The van der Waals surface area contributed by atoms with E-state index in [1.165, 1.54) is 18.2 Å². The Morgan fingerprint density at radius 1 is 1.24 bits per heavy atom. The van der Waals surface area contributed by atoms with Crippen molar-refractivity contribution in [3.63, 3.8) is 0 Å². The Morgan fingerprint density at radius 2 is 2.06 bits per heavy atom. The van der Waals surface area contributed by atoms with E-state index in [2.05, 4.69) is 9.97 Å². The van der Waals surface area contributed by atoms with Gasteiger partial charge in [0.25, 0.3) is 0 Å². The van der Waals surface area contributed by atoms with Gasteiger partial charge in [0, 0.05) is 12.3 Å². The van der Waals surface area contributed by atoms with Crippen LogP contribution in [0.3, 0.4) is 0 Å². The zero-order chi connectivity index (χ0) is 12.3. The minimum absolute atomic E-state index is 0.0460. The van der Waals surface area contributed by atoms with Crippen molar-refractivity contribution in [3.8, 4) is 5.75 Å². The largest absolute Gasteiger partial charge is 0.487 e. The van der Waals surface area contributed by atoms with Crippen LogP contribution in [0.5, 0.6) is 5.75 Å². The molecule has 2 aromatic rings. The molecule has 0 unspecified atom stereocenters. The first kappa shape index (κ1) is 11.1. The van der Waals surface area contributed by atoms with Crippen LogP contribution in [0.1, 0.15) is 5.69 Å². The lowest BCUT2D eigenvalue weighted by atomic mass is 10.3. The van der Waals surface area contributed by atoms with Crippen LogP contribution in [0, 0.1) is 5.82 Å². The van der Waals surface area contributed by atoms with Crippen molar-refractivity contribution >= 4 is 11.6 Å². The molecular formula is C11H11FN4O. The van der Waals surface area contributed by atoms with Crippen LogP contribution in [-0.2, 0) is 6.61 Å². The summed E-state index contributed by atoms with van der Waals surface area (Å²) < 4.78 is 18.3. The smallest absolute Gasteiger partial charge is 0.220 e. The fourth-order valence-corrected chi connectivity index (χ4v) is 1.26. The van der Waals surface area contributed by atoms with E-state index in [-0.39, 0.29) is 18.2 Å². The molecule has 0 spiro atoms. The van der Waals surface area contributed by atoms with Crippen LogP contribution in [0.2, 0.25) is 0 Å². The molecule has 0 bridgehead atoms. The Kier molecular flexibility index (Phi) is 3.04. The fourth-order valence-electron chi connectivity index (χ4n) is 1.26. The van der Waals surface area contributed by atoms with Crippen molar-refractivity contribution in [3.05, 3.63) is 42.0 Å². The Labute approximate surface area is 97.3 Å². The highest BCUT2D eigenvalue weighted by atomic mass is 19.1. The zero-order valence-electron chi connectivity index (χ0n) is 8.93. The van der Waals surface area contributed by atoms with Gasteiger partial charge in [-0.15, -0.1) is 0 Å². The number of nitrogens with two attached hydrogens (primary N) is 2. The highest BCUT2D eigenvalue weighted by molar-refractivity contribution is 5.45. The first-order chi connectivity index (χ1) is 8.15. The van der Waals surface area contributed by atoms with E-state index in [0.29, 0.717) is 11.4 Å². The van der Waals surface area contributed by atoms with Gasteiger partial charge in [-0.05, 0) is 18.2 Å². The molecule has 5 nitrogen and oxygen atoms in total. The number of anilines is 2. The van der Waals surface area contributed by atoms with Crippen LogP contribution in [0.15, 0.2) is 30.5 Å². The predicted molar refractivity (Wildman–Crippen MR) is 61.6 cm³/mol. The van der Waals surface area contributed by atoms with E-state index in [0.717, 1.165) is 0 Å². The van der Waals surface area contributed by atoms with Gasteiger partial charge in [-0.3, -0.25) is 0 Å². The average Bonchev–Trinajstić information content (AvgIpc) is 2.31. The van der Waals surface area contributed by atoms with Crippen molar-refractivity contribution in [2.24, 2.45) is 0 Å². The van der Waals surface area contributed by atoms with Crippen LogP contribution >= 0.6 is 0 Å². The van der Waals surface area contributed by atoms with Gasteiger partial charge >= 0.3 is 0 Å². The van der Waals surface area contributed by atoms with Gasteiger partial charge in [-0.25, -0.2) is 14.4 Å². The maximum atomic E-state index is 12.9. The second-order valence-electron chi connectivity index (χ2n) is 3.38. The summed E-state index contributed by atoms with van der Waals surface area (Å²) in [6.07, 6.45) is 1.54. The van der Waals surface area contributed by atoms with Gasteiger partial charge in [0.15, 0.2) is 0 Å². The van der Waals surface area contributed by atoms with Crippen LogP contribution in [-0.4, -0.2) is 9.97 Å². The molecule has 0 saturated heterocycles. The van der Waals surface area contributed by atoms with Gasteiger partial charge in [-0.2, -0.15) is 0 Å². The number of halogens is 1. The van der Waals surface area contributed by atoms with Crippen molar-refractivity contribution < 1.29 is 9.13 Å². The SMILES string of the molecule is Nc1nccc(COc2ccc(F)c(N)c2)n1. The summed E-state index contributed by atoms with van der Waals surface area (Å²) >= 11 is 0. The lowest BCUT2D eigenvalue weighted by molar-refractivity contribution is 0.301. The molecule has 0 atom stereocenters. The van der Waals surface area contributed by atoms with Crippen molar-refractivity contribution in [1.29, 1.82) is 0 Å². The maximum absolute atomic E-state index is 12.9. The minimum atomic E-state index is -0.469. The van der Waals surface area contributed by atoms with E-state index in [1.807, 2.05) is 0 Å². The second-order valence-corrected chi connectivity index (χ2v) is 3.38. The third-order valence-corrected chi connectivity index (χ3v) is 2.09. The third kappa shape index (κ3) is 2.81. The lowest BCUT2D eigenvalue weighted by Crippen LogP contribution is -2.02. The number of ether oxygens (including phenoxy) is 1. The number of rotatable bonds is 3. The molecule has 1 aromatic carbocycles. The molecule has 2 rings (SSSR count). The summed E-state index contributed by atoms with van der Waals surface area (Å²) in [5, 5.41) is 0. The summed E-state index contributed by atoms with van der Waals surface area (Å²) in [4.78, 5) is 7.73. The van der Waals surface area contributed by atoms with Crippen LogP contribution < -0.4 is 16.2 Å². The van der Waals surface area contributed by atoms with Gasteiger partial charge in [-0.1, -0.05) is 0 Å². The summed E-state index contributed by atoms with van der Waals surface area (Å²) in [6.45, 7) is 0.220. The molecule has 4 N–H and O–H groups in total. The predicted octanol–water partition coefficient (Wildman–Crippen LogP) is 1.36. The number of nitrogen functional groups attached to an aromatic ring is 2. The van der Waals surface area contributed by atoms with E-state index < -0.39 is 5.82 Å². The molecule has 0 aliphatic carbocycles. The van der Waals surface area contributed by atoms with Crippen molar-refractivity contribution in [1.82, 2.24) is 9.97 Å². The number of hydrogen-bond acceptors (Lipinski definition) is 5. The van der Waals surface area contributed by atoms with Gasteiger partial charge in [0.05, 0.1) is 11.4 Å². The summed E-state index contributed by atoms with van der Waals surface area (Å²) in [7, 11) is 0. The summed E-state index contributed by atoms with van der Waals surface area (Å²) in [5.41, 5.74) is 11.5. The molecule has 0 radical (unpaired) electrons. The van der Waals surface area contributed by atoms with Crippen LogP contribution in [0.25, 0.3) is 0 Å². The minimum Gasteiger partial charge on any atom is -0.487 e. The number of hydrogen-bond donors (Lipinski definition) is 2. The average molecular weight is 234 g/mol.